The summed E-state index contributed by atoms with van der Waals surface area (Å²) in [5.41, 5.74) is -2.77. The molecule has 1 N–H and O–H groups in total. The van der Waals surface area contributed by atoms with Gasteiger partial charge < -0.3 is 9.47 Å². The van der Waals surface area contributed by atoms with Crippen molar-refractivity contribution >= 4 is 17.5 Å². The molecule has 4 unspecified atom stereocenters. The lowest BCUT2D eigenvalue weighted by Crippen LogP contribution is -2.57. The number of rotatable bonds is 2. The maximum Gasteiger partial charge on any atom is 0.218 e. The second kappa shape index (κ2) is 6.33. The highest BCUT2D eigenvalue weighted by Crippen LogP contribution is 2.69. The molecule has 2 heterocycles. The molecule has 2 aliphatic rings. The molecule has 142 valence electrons. The average Bonchev–Trinajstić information content (AvgIpc) is 2.91. The smallest absolute Gasteiger partial charge is 0.218 e. The first kappa shape index (κ1) is 19.0. The number of nitrogens with zero attached hydrogens (tertiary/aromatic N) is 3. The van der Waals surface area contributed by atoms with Crippen molar-refractivity contribution in [2.24, 2.45) is 10.8 Å². The van der Waals surface area contributed by atoms with Crippen LogP contribution in [0.3, 0.4) is 0 Å². The Morgan fingerprint density at radius 3 is 2.21 bits per heavy atom. The van der Waals surface area contributed by atoms with Gasteiger partial charge in [-0.25, -0.2) is 0 Å². The standard InChI is InChI=1S/C22H15ClN4O2/c1-20-17(14-6-3-2-4-7-14)22(13-26,19(27)29-20)21(11-24,12-25)18(28-20)15-8-5-9-16(23)10-15/h2-10,17-18,27H,1H3. The van der Waals surface area contributed by atoms with E-state index in [2.05, 4.69) is 6.07 Å². The van der Waals surface area contributed by atoms with Crippen molar-refractivity contribution in [1.82, 2.24) is 0 Å². The first-order chi connectivity index (χ1) is 13.9. The molecule has 6 nitrogen and oxygen atoms in total. The summed E-state index contributed by atoms with van der Waals surface area (Å²) in [7, 11) is 0. The largest absolute Gasteiger partial charge is 0.447 e. The molecule has 2 aromatic rings. The van der Waals surface area contributed by atoms with Crippen molar-refractivity contribution in [1.29, 1.82) is 21.2 Å². The van der Waals surface area contributed by atoms with Crippen LogP contribution in [-0.4, -0.2) is 11.7 Å². The van der Waals surface area contributed by atoms with E-state index in [1.807, 2.05) is 18.2 Å². The summed E-state index contributed by atoms with van der Waals surface area (Å²) in [6, 6.07) is 21.8. The molecule has 2 aliphatic heterocycles. The first-order valence-corrected chi connectivity index (χ1v) is 9.26. The van der Waals surface area contributed by atoms with Crippen LogP contribution in [0, 0.1) is 50.2 Å². The van der Waals surface area contributed by atoms with E-state index < -0.39 is 34.5 Å². The minimum absolute atomic E-state index is 0.403. The maximum atomic E-state index is 10.3. The van der Waals surface area contributed by atoms with Gasteiger partial charge in [0.25, 0.3) is 0 Å². The molecule has 2 bridgehead atoms. The van der Waals surface area contributed by atoms with Crippen molar-refractivity contribution in [2.75, 3.05) is 0 Å². The molecule has 2 fully saturated rings. The Kier molecular flexibility index (Phi) is 4.14. The minimum Gasteiger partial charge on any atom is -0.447 e. The lowest BCUT2D eigenvalue weighted by atomic mass is 9.52. The zero-order valence-electron chi connectivity index (χ0n) is 15.4. The van der Waals surface area contributed by atoms with E-state index in [9.17, 15) is 15.8 Å². The van der Waals surface area contributed by atoms with E-state index in [-0.39, 0.29) is 0 Å². The molecular weight excluding hydrogens is 388 g/mol. The molecule has 0 spiro atoms. The summed E-state index contributed by atoms with van der Waals surface area (Å²) in [5, 5.41) is 39.8. The molecule has 0 saturated carbocycles. The number of hydrogen-bond donors (Lipinski definition) is 1. The number of ether oxygens (including phenoxy) is 2. The van der Waals surface area contributed by atoms with Gasteiger partial charge in [-0.1, -0.05) is 54.1 Å². The fourth-order valence-corrected chi connectivity index (χ4v) is 4.80. The third-order valence-electron chi connectivity index (χ3n) is 5.80. The predicted octanol–water partition coefficient (Wildman–Crippen LogP) is 4.46. The summed E-state index contributed by atoms with van der Waals surface area (Å²) in [6.45, 7) is 1.63. The SMILES string of the molecule is CC12OC(=N)C(C#N)(C1c1ccccc1)C(C#N)(C#N)C(c1cccc(Cl)c1)O2. The molecule has 0 aromatic heterocycles. The fourth-order valence-electron chi connectivity index (χ4n) is 4.60. The van der Waals surface area contributed by atoms with E-state index in [1.165, 1.54) is 0 Å². The third kappa shape index (κ3) is 2.26. The van der Waals surface area contributed by atoms with Gasteiger partial charge in [0.15, 0.2) is 5.41 Å². The number of benzene rings is 2. The van der Waals surface area contributed by atoms with E-state index in [1.54, 1.807) is 55.5 Å². The van der Waals surface area contributed by atoms with Gasteiger partial charge in [0.05, 0.1) is 24.1 Å². The van der Waals surface area contributed by atoms with Crippen LogP contribution in [0.25, 0.3) is 0 Å². The second-order valence-electron chi connectivity index (χ2n) is 7.30. The van der Waals surface area contributed by atoms with Gasteiger partial charge in [0.1, 0.15) is 6.10 Å². The topological polar surface area (TPSA) is 114 Å². The van der Waals surface area contributed by atoms with E-state index in [0.717, 1.165) is 0 Å². The highest BCUT2D eigenvalue weighted by molar-refractivity contribution is 6.30. The monoisotopic (exact) mass is 402 g/mol. The molecule has 0 radical (unpaired) electrons. The zero-order chi connectivity index (χ0) is 20.9. The molecule has 2 aromatic carbocycles. The lowest BCUT2D eigenvalue weighted by Gasteiger charge is -2.48. The number of nitriles is 3. The molecule has 7 heteroatoms. The van der Waals surface area contributed by atoms with Crippen molar-refractivity contribution in [3.8, 4) is 18.2 Å². The van der Waals surface area contributed by atoms with Crippen molar-refractivity contribution in [3.63, 3.8) is 0 Å². The van der Waals surface area contributed by atoms with Crippen LogP contribution in [0.4, 0.5) is 0 Å². The van der Waals surface area contributed by atoms with E-state index in [0.29, 0.717) is 16.1 Å². The third-order valence-corrected chi connectivity index (χ3v) is 6.04. The Labute approximate surface area is 173 Å². The molecule has 0 aliphatic carbocycles. The van der Waals surface area contributed by atoms with Crippen molar-refractivity contribution in [2.45, 2.75) is 24.7 Å². The molecule has 29 heavy (non-hydrogen) atoms. The summed E-state index contributed by atoms with van der Waals surface area (Å²) >= 11 is 6.13. The van der Waals surface area contributed by atoms with Gasteiger partial charge in [0.2, 0.25) is 17.1 Å². The van der Waals surface area contributed by atoms with Gasteiger partial charge in [-0.3, -0.25) is 5.41 Å². The quantitative estimate of drug-likeness (QED) is 0.796. The predicted molar refractivity (Wildman–Crippen MR) is 103 cm³/mol. The summed E-state index contributed by atoms with van der Waals surface area (Å²) in [4.78, 5) is 0. The first-order valence-electron chi connectivity index (χ1n) is 8.88. The Hall–Kier alpha value is -3.37. The zero-order valence-corrected chi connectivity index (χ0v) is 16.1. The average molecular weight is 403 g/mol. The number of hydrogen-bond acceptors (Lipinski definition) is 6. The van der Waals surface area contributed by atoms with Gasteiger partial charge in [-0.2, -0.15) is 15.8 Å². The lowest BCUT2D eigenvalue weighted by molar-refractivity contribution is -0.253. The summed E-state index contributed by atoms with van der Waals surface area (Å²) in [6.07, 6.45) is -1.14. The van der Waals surface area contributed by atoms with Crippen molar-refractivity contribution in [3.05, 3.63) is 70.7 Å². The summed E-state index contributed by atoms with van der Waals surface area (Å²) < 4.78 is 12.0. The second-order valence-corrected chi connectivity index (χ2v) is 7.73. The Morgan fingerprint density at radius 2 is 1.62 bits per heavy atom. The Morgan fingerprint density at radius 1 is 0.966 bits per heavy atom. The van der Waals surface area contributed by atoms with Gasteiger partial charge in [0, 0.05) is 11.9 Å². The Bertz CT molecular complexity index is 1120. The minimum atomic E-state index is -2.03. The Balaban J connectivity index is 2.05. The molecule has 4 atom stereocenters. The number of fused-ring (bicyclic) bond motifs is 2. The van der Waals surface area contributed by atoms with Crippen LogP contribution in [0.5, 0.6) is 0 Å². The molecule has 2 saturated heterocycles. The van der Waals surface area contributed by atoms with E-state index in [4.69, 9.17) is 26.5 Å². The van der Waals surface area contributed by atoms with Crippen LogP contribution in [0.15, 0.2) is 54.6 Å². The summed E-state index contributed by atoms with van der Waals surface area (Å²) in [5.74, 6) is -2.70. The van der Waals surface area contributed by atoms with E-state index >= 15 is 0 Å². The molecule has 4 rings (SSSR count). The van der Waals surface area contributed by atoms with Crippen LogP contribution >= 0.6 is 11.6 Å². The maximum absolute atomic E-state index is 10.3. The molecule has 0 amide bonds. The van der Waals surface area contributed by atoms with Crippen LogP contribution < -0.4 is 0 Å². The number of halogens is 1. The normalized spacial score (nSPS) is 31.8. The van der Waals surface area contributed by atoms with Crippen LogP contribution in [0.2, 0.25) is 5.02 Å². The highest BCUT2D eigenvalue weighted by Gasteiger charge is 2.79. The van der Waals surface area contributed by atoms with Crippen LogP contribution in [-0.2, 0) is 9.47 Å². The highest BCUT2D eigenvalue weighted by atomic mass is 35.5. The van der Waals surface area contributed by atoms with Gasteiger partial charge in [-0.05, 0) is 23.3 Å². The van der Waals surface area contributed by atoms with Gasteiger partial charge in [-0.15, -0.1) is 0 Å². The molecular formula is C22H15ClN4O2. The van der Waals surface area contributed by atoms with Gasteiger partial charge >= 0.3 is 0 Å². The number of nitrogens with one attached hydrogen (secondary N) is 1. The van der Waals surface area contributed by atoms with Crippen LogP contribution in [0.1, 0.15) is 30.1 Å². The fraction of sp³-hybridized carbons (Fsp3) is 0.273. The van der Waals surface area contributed by atoms with Crippen molar-refractivity contribution < 1.29 is 9.47 Å².